The minimum Gasteiger partial charge on any atom is -0.320 e. The Labute approximate surface area is 82.0 Å². The van der Waals surface area contributed by atoms with Gasteiger partial charge in [0.1, 0.15) is 6.33 Å². The number of nitrogens with two attached hydrogens (primary N) is 1. The Kier molecular flexibility index (Phi) is 2.17. The number of aromatic nitrogens is 2. The average Bonchev–Trinajstić information content (AvgIpc) is 2.32. The highest BCUT2D eigenvalue weighted by Gasteiger charge is 2.25. The topological polar surface area (TPSA) is 72.1 Å². The number of likely N-dealkylation sites (N-methyl/N-ethyl adjacent to an activating group) is 1. The fourth-order valence-corrected chi connectivity index (χ4v) is 1.60. The monoisotopic (exact) mass is 192 g/mol. The van der Waals surface area contributed by atoms with Crippen molar-refractivity contribution in [3.8, 4) is 0 Å². The lowest BCUT2D eigenvalue weighted by atomic mass is 10.1. The van der Waals surface area contributed by atoms with Crippen LogP contribution in [0.15, 0.2) is 12.5 Å². The Morgan fingerprint density at radius 2 is 2.43 bits per heavy atom. The van der Waals surface area contributed by atoms with Gasteiger partial charge in [0.25, 0.3) is 0 Å². The van der Waals surface area contributed by atoms with Crippen LogP contribution in [0.3, 0.4) is 0 Å². The van der Waals surface area contributed by atoms with Crippen LogP contribution in [-0.2, 0) is 11.2 Å². The molecule has 2 rings (SSSR count). The third-order valence-electron chi connectivity index (χ3n) is 2.47. The van der Waals surface area contributed by atoms with Gasteiger partial charge in [0.05, 0.1) is 23.6 Å². The van der Waals surface area contributed by atoms with Crippen molar-refractivity contribution in [3.63, 3.8) is 0 Å². The van der Waals surface area contributed by atoms with Crippen LogP contribution >= 0.6 is 0 Å². The molecule has 74 valence electrons. The molecule has 1 aromatic heterocycles. The Balaban J connectivity index is 2.45. The second-order valence-electron chi connectivity index (χ2n) is 3.40. The maximum Gasteiger partial charge on any atom is 0.243 e. The summed E-state index contributed by atoms with van der Waals surface area (Å²) in [6, 6.07) is -0.422. The summed E-state index contributed by atoms with van der Waals surface area (Å²) in [4.78, 5) is 21.2. The first-order chi connectivity index (χ1) is 6.70. The smallest absolute Gasteiger partial charge is 0.243 e. The van der Waals surface area contributed by atoms with E-state index in [2.05, 4.69) is 9.97 Å². The lowest BCUT2D eigenvalue weighted by Gasteiger charge is -2.17. The number of nitrogens with zero attached hydrogens (tertiary/aromatic N) is 3. The first-order valence-corrected chi connectivity index (χ1v) is 4.52. The zero-order valence-corrected chi connectivity index (χ0v) is 7.97. The number of aryl methyl sites for hydroxylation is 1. The molecular weight excluding hydrogens is 180 g/mol. The summed E-state index contributed by atoms with van der Waals surface area (Å²) in [6.45, 7) is 0. The molecule has 1 aromatic rings. The summed E-state index contributed by atoms with van der Waals surface area (Å²) < 4.78 is 0. The number of carbonyl (C=O) groups is 1. The summed E-state index contributed by atoms with van der Waals surface area (Å²) >= 11 is 0. The van der Waals surface area contributed by atoms with Crippen LogP contribution in [-0.4, -0.2) is 29.0 Å². The molecule has 0 bridgehead atoms. The molecule has 0 saturated heterocycles. The van der Waals surface area contributed by atoms with Gasteiger partial charge in [-0.25, -0.2) is 9.97 Å². The summed E-state index contributed by atoms with van der Waals surface area (Å²) in [5, 5.41) is 0. The number of hydrogen-bond acceptors (Lipinski definition) is 4. The maximum absolute atomic E-state index is 11.7. The summed E-state index contributed by atoms with van der Waals surface area (Å²) in [5.41, 5.74) is 7.37. The number of hydrogen-bond donors (Lipinski definition) is 1. The van der Waals surface area contributed by atoms with E-state index in [4.69, 9.17) is 5.73 Å². The first-order valence-electron chi connectivity index (χ1n) is 4.52. The molecule has 0 unspecified atom stereocenters. The second-order valence-corrected chi connectivity index (χ2v) is 3.40. The molecule has 0 saturated carbocycles. The number of anilines is 1. The normalized spacial score (nSPS) is 21.7. The average molecular weight is 192 g/mol. The molecule has 14 heavy (non-hydrogen) atoms. The van der Waals surface area contributed by atoms with E-state index < -0.39 is 6.04 Å². The van der Waals surface area contributed by atoms with Gasteiger partial charge >= 0.3 is 0 Å². The van der Waals surface area contributed by atoms with Crippen LogP contribution in [0.5, 0.6) is 0 Å². The molecule has 5 heteroatoms. The van der Waals surface area contributed by atoms with Gasteiger partial charge in [-0.1, -0.05) is 0 Å². The highest BCUT2D eigenvalue weighted by Crippen LogP contribution is 2.21. The predicted molar refractivity (Wildman–Crippen MR) is 51.7 cm³/mol. The Morgan fingerprint density at radius 1 is 1.64 bits per heavy atom. The van der Waals surface area contributed by atoms with E-state index in [0.717, 1.165) is 17.8 Å². The van der Waals surface area contributed by atoms with Crippen LogP contribution in [0.4, 0.5) is 5.69 Å². The van der Waals surface area contributed by atoms with Gasteiger partial charge in [-0.05, 0) is 12.8 Å². The van der Waals surface area contributed by atoms with Crippen molar-refractivity contribution >= 4 is 11.6 Å². The van der Waals surface area contributed by atoms with E-state index in [1.807, 2.05) is 0 Å². The lowest BCUT2D eigenvalue weighted by Crippen LogP contribution is -2.40. The van der Waals surface area contributed by atoms with Crippen molar-refractivity contribution in [1.29, 1.82) is 0 Å². The van der Waals surface area contributed by atoms with E-state index in [-0.39, 0.29) is 5.91 Å². The van der Waals surface area contributed by atoms with E-state index in [0.29, 0.717) is 6.42 Å². The fraction of sp³-hybridized carbons (Fsp3) is 0.444. The van der Waals surface area contributed by atoms with Gasteiger partial charge in [-0.3, -0.25) is 4.79 Å². The number of rotatable bonds is 0. The highest BCUT2D eigenvalue weighted by molar-refractivity contribution is 5.97. The molecule has 0 aliphatic carbocycles. The van der Waals surface area contributed by atoms with Crippen molar-refractivity contribution < 1.29 is 4.79 Å². The van der Waals surface area contributed by atoms with Gasteiger partial charge in [-0.2, -0.15) is 0 Å². The van der Waals surface area contributed by atoms with E-state index in [1.165, 1.54) is 11.2 Å². The number of amides is 1. The van der Waals surface area contributed by atoms with Crippen molar-refractivity contribution in [2.24, 2.45) is 5.73 Å². The molecule has 0 fully saturated rings. The summed E-state index contributed by atoms with van der Waals surface area (Å²) in [7, 11) is 1.70. The van der Waals surface area contributed by atoms with Crippen molar-refractivity contribution in [1.82, 2.24) is 9.97 Å². The zero-order valence-electron chi connectivity index (χ0n) is 7.97. The van der Waals surface area contributed by atoms with Gasteiger partial charge < -0.3 is 10.6 Å². The fourth-order valence-electron chi connectivity index (χ4n) is 1.60. The molecule has 0 radical (unpaired) electrons. The predicted octanol–water partition coefficient (Wildman–Crippen LogP) is -0.287. The molecule has 1 amide bonds. The molecule has 0 spiro atoms. The van der Waals surface area contributed by atoms with E-state index in [9.17, 15) is 4.79 Å². The molecule has 1 aliphatic rings. The molecule has 1 atom stereocenters. The SMILES string of the molecule is CN1C(=O)[C@@H](N)CCc2ncncc21. The minimum atomic E-state index is -0.422. The number of carbonyl (C=O) groups excluding carboxylic acids is 1. The quantitative estimate of drug-likeness (QED) is 0.613. The van der Waals surface area contributed by atoms with Gasteiger partial charge in [0.2, 0.25) is 5.91 Å². The minimum absolute atomic E-state index is 0.0708. The third kappa shape index (κ3) is 1.35. The van der Waals surface area contributed by atoms with Crippen molar-refractivity contribution in [2.75, 3.05) is 11.9 Å². The van der Waals surface area contributed by atoms with Crippen LogP contribution in [0.25, 0.3) is 0 Å². The highest BCUT2D eigenvalue weighted by atomic mass is 16.2. The summed E-state index contributed by atoms with van der Waals surface area (Å²) in [5.74, 6) is -0.0708. The largest absolute Gasteiger partial charge is 0.320 e. The summed E-state index contributed by atoms with van der Waals surface area (Å²) in [6.07, 6.45) is 4.52. The Morgan fingerprint density at radius 3 is 3.21 bits per heavy atom. The number of fused-ring (bicyclic) bond motifs is 1. The van der Waals surface area contributed by atoms with Crippen molar-refractivity contribution in [2.45, 2.75) is 18.9 Å². The third-order valence-corrected chi connectivity index (χ3v) is 2.47. The van der Waals surface area contributed by atoms with Crippen LogP contribution < -0.4 is 10.6 Å². The lowest BCUT2D eigenvalue weighted by molar-refractivity contribution is -0.119. The Hall–Kier alpha value is -1.49. The standard InChI is InChI=1S/C9H12N4O/c1-13-8-4-11-5-12-7(8)3-2-6(10)9(13)14/h4-6H,2-3,10H2,1H3/t6-/m0/s1. The molecule has 0 aromatic carbocycles. The van der Waals surface area contributed by atoms with Crippen molar-refractivity contribution in [3.05, 3.63) is 18.2 Å². The molecule has 2 N–H and O–H groups in total. The van der Waals surface area contributed by atoms with Crippen LogP contribution in [0.2, 0.25) is 0 Å². The second kappa shape index (κ2) is 3.34. The van der Waals surface area contributed by atoms with Gasteiger partial charge in [0.15, 0.2) is 0 Å². The molecular formula is C9H12N4O. The zero-order chi connectivity index (χ0) is 10.1. The molecule has 5 nitrogen and oxygen atoms in total. The molecule has 2 heterocycles. The van der Waals surface area contributed by atoms with E-state index in [1.54, 1.807) is 13.2 Å². The van der Waals surface area contributed by atoms with Gasteiger partial charge in [-0.15, -0.1) is 0 Å². The van der Waals surface area contributed by atoms with Crippen LogP contribution in [0, 0.1) is 0 Å². The first kappa shape index (κ1) is 9.08. The molecule has 1 aliphatic heterocycles. The maximum atomic E-state index is 11.7. The van der Waals surface area contributed by atoms with E-state index >= 15 is 0 Å². The van der Waals surface area contributed by atoms with Crippen LogP contribution in [0.1, 0.15) is 12.1 Å². The van der Waals surface area contributed by atoms with Gasteiger partial charge in [0, 0.05) is 7.05 Å². The Bertz CT molecular complexity index is 366.